The third-order valence-electron chi connectivity index (χ3n) is 1.18. The van der Waals surface area contributed by atoms with Gasteiger partial charge in [0.1, 0.15) is 0 Å². The van der Waals surface area contributed by atoms with Crippen molar-refractivity contribution < 1.29 is 9.53 Å². The first-order valence-electron chi connectivity index (χ1n) is 3.38. The second-order valence-corrected chi connectivity index (χ2v) is 3.40. The number of esters is 1. The molecule has 0 radical (unpaired) electrons. The van der Waals surface area contributed by atoms with E-state index in [2.05, 4.69) is 11.7 Å². The van der Waals surface area contributed by atoms with Crippen LogP contribution in [-0.2, 0) is 9.53 Å². The Morgan fingerprint density at radius 2 is 2.30 bits per heavy atom. The molecule has 60 valence electrons. The van der Waals surface area contributed by atoms with Crippen molar-refractivity contribution in [3.05, 3.63) is 0 Å². The molecule has 1 atom stereocenters. The first-order valence-corrected chi connectivity index (χ1v) is 4.53. The van der Waals surface area contributed by atoms with Gasteiger partial charge in [-0.25, -0.2) is 0 Å². The van der Waals surface area contributed by atoms with E-state index < -0.39 is 0 Å². The van der Waals surface area contributed by atoms with E-state index in [1.54, 1.807) is 11.8 Å². The normalized spacial score (nSPS) is 12.7. The quantitative estimate of drug-likeness (QED) is 0.587. The summed E-state index contributed by atoms with van der Waals surface area (Å²) in [6.45, 7) is 3.96. The number of hydrogen-bond donors (Lipinski definition) is 0. The Balaban J connectivity index is 3.41. The lowest BCUT2D eigenvalue weighted by Crippen LogP contribution is -2.14. The minimum Gasteiger partial charge on any atom is -0.469 e. The van der Waals surface area contributed by atoms with Crippen LogP contribution in [0.2, 0.25) is 0 Å². The molecule has 0 aromatic carbocycles. The van der Waals surface area contributed by atoms with Gasteiger partial charge in [-0.3, -0.25) is 4.79 Å². The average molecular weight is 162 g/mol. The number of carbonyl (C=O) groups is 1. The van der Waals surface area contributed by atoms with E-state index >= 15 is 0 Å². The van der Waals surface area contributed by atoms with Gasteiger partial charge < -0.3 is 4.74 Å². The fourth-order valence-electron chi connectivity index (χ4n) is 0.564. The number of thioether (sulfide) groups is 1. The summed E-state index contributed by atoms with van der Waals surface area (Å²) in [4.78, 5) is 10.8. The van der Waals surface area contributed by atoms with E-state index in [1.807, 2.05) is 6.92 Å². The molecule has 0 aromatic heterocycles. The van der Waals surface area contributed by atoms with Crippen LogP contribution in [0, 0.1) is 5.92 Å². The Bertz CT molecular complexity index is 104. The fraction of sp³-hybridized carbons (Fsp3) is 0.857. The maximum absolute atomic E-state index is 10.8. The smallest absolute Gasteiger partial charge is 0.309 e. The summed E-state index contributed by atoms with van der Waals surface area (Å²) in [6.07, 6.45) is 0. The van der Waals surface area contributed by atoms with Gasteiger partial charge in [0.25, 0.3) is 0 Å². The molecule has 0 N–H and O–H groups in total. The van der Waals surface area contributed by atoms with Crippen molar-refractivity contribution in [3.63, 3.8) is 0 Å². The zero-order valence-electron chi connectivity index (χ0n) is 6.72. The fourth-order valence-corrected chi connectivity index (χ4v) is 1.29. The van der Waals surface area contributed by atoms with Crippen molar-refractivity contribution in [1.82, 2.24) is 0 Å². The van der Waals surface area contributed by atoms with Gasteiger partial charge in [-0.2, -0.15) is 11.8 Å². The maximum atomic E-state index is 10.8. The highest BCUT2D eigenvalue weighted by atomic mass is 32.2. The lowest BCUT2D eigenvalue weighted by atomic mass is 10.2. The Hall–Kier alpha value is -0.180. The van der Waals surface area contributed by atoms with Gasteiger partial charge in [0, 0.05) is 5.75 Å². The Morgan fingerprint density at radius 3 is 2.70 bits per heavy atom. The third kappa shape index (κ3) is 3.77. The van der Waals surface area contributed by atoms with Crippen molar-refractivity contribution in [3.8, 4) is 0 Å². The van der Waals surface area contributed by atoms with E-state index in [1.165, 1.54) is 7.11 Å². The maximum Gasteiger partial charge on any atom is 0.309 e. The number of carbonyl (C=O) groups excluding carboxylic acids is 1. The minimum absolute atomic E-state index is 0.0370. The van der Waals surface area contributed by atoms with Crippen LogP contribution in [0.4, 0.5) is 0 Å². The zero-order chi connectivity index (χ0) is 7.98. The lowest BCUT2D eigenvalue weighted by Gasteiger charge is -2.06. The molecule has 0 aliphatic carbocycles. The van der Waals surface area contributed by atoms with Crippen LogP contribution < -0.4 is 0 Å². The number of ether oxygens (including phenoxy) is 1. The predicted octanol–water partition coefficient (Wildman–Crippen LogP) is 1.55. The molecule has 10 heavy (non-hydrogen) atoms. The molecular weight excluding hydrogens is 148 g/mol. The highest BCUT2D eigenvalue weighted by Crippen LogP contribution is 2.08. The Kier molecular flexibility index (Phi) is 5.49. The summed E-state index contributed by atoms with van der Waals surface area (Å²) in [5.41, 5.74) is 0. The van der Waals surface area contributed by atoms with Gasteiger partial charge in [0.2, 0.25) is 0 Å². The van der Waals surface area contributed by atoms with Crippen LogP contribution >= 0.6 is 11.8 Å². The van der Waals surface area contributed by atoms with Crippen LogP contribution in [0.5, 0.6) is 0 Å². The summed E-state index contributed by atoms with van der Waals surface area (Å²) in [7, 11) is 1.43. The summed E-state index contributed by atoms with van der Waals surface area (Å²) < 4.78 is 4.56. The molecule has 0 aliphatic heterocycles. The van der Waals surface area contributed by atoms with Gasteiger partial charge in [0.15, 0.2) is 0 Å². The van der Waals surface area contributed by atoms with Gasteiger partial charge in [-0.1, -0.05) is 13.8 Å². The molecule has 0 heterocycles. The Labute approximate surface area is 66.3 Å². The van der Waals surface area contributed by atoms with E-state index in [0.29, 0.717) is 0 Å². The van der Waals surface area contributed by atoms with Gasteiger partial charge in [-0.15, -0.1) is 0 Å². The first kappa shape index (κ1) is 9.82. The lowest BCUT2D eigenvalue weighted by molar-refractivity contribution is -0.143. The molecule has 3 heteroatoms. The molecule has 0 amide bonds. The van der Waals surface area contributed by atoms with E-state index in [0.717, 1.165) is 11.5 Å². The van der Waals surface area contributed by atoms with Crippen molar-refractivity contribution in [2.75, 3.05) is 18.6 Å². The molecule has 0 saturated carbocycles. The van der Waals surface area contributed by atoms with Gasteiger partial charge >= 0.3 is 5.97 Å². The van der Waals surface area contributed by atoms with Crippen LogP contribution in [0.3, 0.4) is 0 Å². The van der Waals surface area contributed by atoms with Crippen LogP contribution in [0.15, 0.2) is 0 Å². The second-order valence-electron chi connectivity index (χ2n) is 2.08. The van der Waals surface area contributed by atoms with E-state index in [9.17, 15) is 4.79 Å². The minimum atomic E-state index is -0.110. The SMILES string of the molecule is CCSC[C@H](C)C(=O)OC. The monoisotopic (exact) mass is 162 g/mol. The molecule has 0 bridgehead atoms. The summed E-state index contributed by atoms with van der Waals surface area (Å²) >= 11 is 1.76. The topological polar surface area (TPSA) is 26.3 Å². The number of rotatable bonds is 4. The number of methoxy groups -OCH3 is 1. The van der Waals surface area contributed by atoms with Gasteiger partial charge in [0.05, 0.1) is 13.0 Å². The third-order valence-corrected chi connectivity index (χ3v) is 2.32. The molecule has 0 fully saturated rings. The van der Waals surface area contributed by atoms with Crippen LogP contribution in [0.1, 0.15) is 13.8 Å². The Morgan fingerprint density at radius 1 is 1.70 bits per heavy atom. The van der Waals surface area contributed by atoms with Crippen molar-refractivity contribution in [1.29, 1.82) is 0 Å². The number of hydrogen-bond acceptors (Lipinski definition) is 3. The molecule has 0 spiro atoms. The summed E-state index contributed by atoms with van der Waals surface area (Å²) in [5, 5.41) is 0. The highest BCUT2D eigenvalue weighted by Gasteiger charge is 2.11. The molecule has 0 aromatic rings. The standard InChI is InChI=1S/C7H14O2S/c1-4-10-5-6(2)7(8)9-3/h6H,4-5H2,1-3H3/t6-/m0/s1. The molecule has 0 unspecified atom stereocenters. The van der Waals surface area contributed by atoms with E-state index in [-0.39, 0.29) is 11.9 Å². The summed E-state index contributed by atoms with van der Waals surface area (Å²) in [6, 6.07) is 0. The zero-order valence-corrected chi connectivity index (χ0v) is 7.53. The van der Waals surface area contributed by atoms with Gasteiger partial charge in [-0.05, 0) is 5.75 Å². The molecule has 2 nitrogen and oxygen atoms in total. The van der Waals surface area contributed by atoms with Crippen molar-refractivity contribution in [2.24, 2.45) is 5.92 Å². The molecule has 0 aliphatic rings. The molecule has 0 rings (SSSR count). The first-order chi connectivity index (χ1) is 4.72. The van der Waals surface area contributed by atoms with Crippen LogP contribution in [-0.4, -0.2) is 24.6 Å². The summed E-state index contributed by atoms with van der Waals surface area (Å²) in [5.74, 6) is 1.85. The van der Waals surface area contributed by atoms with Crippen molar-refractivity contribution >= 4 is 17.7 Å². The second kappa shape index (κ2) is 5.59. The molecular formula is C7H14O2S. The van der Waals surface area contributed by atoms with Crippen molar-refractivity contribution in [2.45, 2.75) is 13.8 Å². The van der Waals surface area contributed by atoms with Crippen LogP contribution in [0.25, 0.3) is 0 Å². The van der Waals surface area contributed by atoms with E-state index in [4.69, 9.17) is 0 Å². The predicted molar refractivity (Wildman–Crippen MR) is 44.2 cm³/mol. The largest absolute Gasteiger partial charge is 0.469 e. The highest BCUT2D eigenvalue weighted by molar-refractivity contribution is 7.99. The average Bonchev–Trinajstić information content (AvgIpc) is 1.98. The molecule has 0 saturated heterocycles.